The molecule has 2 rings (SSSR count). The number of amides is 1. The molecular formula is C13H9Br2F2N3O3. The van der Waals surface area contributed by atoms with Gasteiger partial charge in [-0.25, -0.2) is 23.5 Å². The molecule has 0 aliphatic heterocycles. The average Bonchev–Trinajstić information content (AvgIpc) is 2.52. The smallest absolute Gasteiger partial charge is 0.354 e. The van der Waals surface area contributed by atoms with E-state index in [9.17, 15) is 18.4 Å². The molecule has 0 spiro atoms. The Morgan fingerprint density at radius 1 is 1.00 bits per heavy atom. The van der Waals surface area contributed by atoms with E-state index in [0.717, 1.165) is 12.1 Å². The maximum Gasteiger partial charge on any atom is 0.354 e. The van der Waals surface area contributed by atoms with Crippen LogP contribution in [0.5, 0.6) is 0 Å². The third kappa shape index (κ3) is 5.64. The molecule has 0 aliphatic carbocycles. The molecule has 6 nitrogen and oxygen atoms in total. The summed E-state index contributed by atoms with van der Waals surface area (Å²) in [4.78, 5) is 28.3. The molecule has 122 valence electrons. The van der Waals surface area contributed by atoms with Gasteiger partial charge in [0, 0.05) is 7.05 Å². The normalized spacial score (nSPS) is 9.61. The van der Waals surface area contributed by atoms with Gasteiger partial charge in [0.05, 0.1) is 0 Å². The van der Waals surface area contributed by atoms with E-state index < -0.39 is 17.6 Å². The van der Waals surface area contributed by atoms with Gasteiger partial charge in [-0.3, -0.25) is 4.79 Å². The Morgan fingerprint density at radius 3 is 1.83 bits per heavy atom. The van der Waals surface area contributed by atoms with Crippen molar-refractivity contribution in [3.63, 3.8) is 0 Å². The van der Waals surface area contributed by atoms with Gasteiger partial charge in [0.15, 0.2) is 11.6 Å². The number of aromatic carboxylic acids is 1. The number of carboxylic acids is 1. The molecule has 0 unspecified atom stereocenters. The fraction of sp³-hybridized carbons (Fsp3) is 0.0769. The Balaban J connectivity index is 0.000000231. The van der Waals surface area contributed by atoms with Crippen LogP contribution in [-0.2, 0) is 0 Å². The van der Waals surface area contributed by atoms with Crippen molar-refractivity contribution in [2.24, 2.45) is 0 Å². The van der Waals surface area contributed by atoms with Crippen molar-refractivity contribution in [3.8, 4) is 0 Å². The molecule has 0 fully saturated rings. The number of carbonyl (C=O) groups is 2. The molecule has 0 aliphatic rings. The molecule has 2 heterocycles. The van der Waals surface area contributed by atoms with Gasteiger partial charge in [-0.1, -0.05) is 0 Å². The highest BCUT2D eigenvalue weighted by atomic mass is 79.9. The predicted molar refractivity (Wildman–Crippen MR) is 84.1 cm³/mol. The lowest BCUT2D eigenvalue weighted by molar-refractivity contribution is 0.0690. The van der Waals surface area contributed by atoms with Crippen LogP contribution in [0, 0.1) is 11.6 Å². The largest absolute Gasteiger partial charge is 0.477 e. The Labute approximate surface area is 146 Å². The summed E-state index contributed by atoms with van der Waals surface area (Å²) in [5.41, 5.74) is 0.00375. The minimum Gasteiger partial charge on any atom is -0.477 e. The zero-order valence-corrected chi connectivity index (χ0v) is 14.7. The van der Waals surface area contributed by atoms with Crippen molar-refractivity contribution in [2.75, 3.05) is 7.05 Å². The molecule has 2 aromatic rings. The number of rotatable bonds is 2. The van der Waals surface area contributed by atoms with Crippen LogP contribution >= 0.6 is 31.9 Å². The topological polar surface area (TPSA) is 92.2 Å². The molecule has 0 radical (unpaired) electrons. The van der Waals surface area contributed by atoms with E-state index in [-0.39, 0.29) is 26.5 Å². The predicted octanol–water partition coefficient (Wildman–Crippen LogP) is 3.02. The number of hydrogen-bond donors (Lipinski definition) is 2. The molecule has 1 amide bonds. The first kappa shape index (κ1) is 19.1. The lowest BCUT2D eigenvalue weighted by Crippen LogP contribution is -2.19. The van der Waals surface area contributed by atoms with Gasteiger partial charge in [-0.15, -0.1) is 0 Å². The number of halogens is 4. The monoisotopic (exact) mass is 451 g/mol. The fourth-order valence-electron chi connectivity index (χ4n) is 1.21. The van der Waals surface area contributed by atoms with Crippen LogP contribution in [0.3, 0.4) is 0 Å². The lowest BCUT2D eigenvalue weighted by Gasteiger charge is -1.99. The van der Waals surface area contributed by atoms with Crippen LogP contribution in [0.15, 0.2) is 33.5 Å². The van der Waals surface area contributed by atoms with Gasteiger partial charge in [0.1, 0.15) is 20.6 Å². The second-order valence-electron chi connectivity index (χ2n) is 3.82. The van der Waals surface area contributed by atoms with E-state index in [1.54, 1.807) is 0 Å². The second-order valence-corrected chi connectivity index (χ2v) is 5.32. The first-order valence-electron chi connectivity index (χ1n) is 5.85. The van der Waals surface area contributed by atoms with Gasteiger partial charge >= 0.3 is 5.97 Å². The summed E-state index contributed by atoms with van der Waals surface area (Å²) in [5.74, 6) is -2.57. The third-order valence-electron chi connectivity index (χ3n) is 2.29. The zero-order valence-electron chi connectivity index (χ0n) is 11.5. The van der Waals surface area contributed by atoms with E-state index in [0.29, 0.717) is 0 Å². The maximum absolute atomic E-state index is 12.6. The molecule has 0 bridgehead atoms. The van der Waals surface area contributed by atoms with Crippen molar-refractivity contribution in [1.82, 2.24) is 15.3 Å². The fourth-order valence-corrected chi connectivity index (χ4v) is 1.85. The highest BCUT2D eigenvalue weighted by Crippen LogP contribution is 2.12. The van der Waals surface area contributed by atoms with Crippen molar-refractivity contribution >= 4 is 43.7 Å². The number of carbonyl (C=O) groups excluding carboxylic acids is 1. The van der Waals surface area contributed by atoms with Crippen LogP contribution in [0.2, 0.25) is 0 Å². The minimum absolute atomic E-state index is 0.0450. The first-order valence-corrected chi connectivity index (χ1v) is 7.44. The summed E-state index contributed by atoms with van der Waals surface area (Å²) >= 11 is 5.64. The Kier molecular flexibility index (Phi) is 7.17. The average molecular weight is 453 g/mol. The number of pyridine rings is 2. The van der Waals surface area contributed by atoms with Crippen molar-refractivity contribution in [3.05, 3.63) is 56.5 Å². The Hall–Kier alpha value is -1.94. The van der Waals surface area contributed by atoms with Crippen molar-refractivity contribution < 1.29 is 23.5 Å². The van der Waals surface area contributed by atoms with Crippen LogP contribution in [0.1, 0.15) is 21.0 Å². The molecule has 2 aromatic heterocycles. The van der Waals surface area contributed by atoms with Gasteiger partial charge in [0.25, 0.3) is 5.91 Å². The number of aromatic nitrogens is 2. The van der Waals surface area contributed by atoms with Crippen molar-refractivity contribution in [2.45, 2.75) is 0 Å². The van der Waals surface area contributed by atoms with E-state index >= 15 is 0 Å². The summed E-state index contributed by atoms with van der Waals surface area (Å²) in [5, 5.41) is 10.8. The maximum atomic E-state index is 12.6. The van der Waals surface area contributed by atoms with Crippen LogP contribution in [0.25, 0.3) is 0 Å². The summed E-state index contributed by atoms with van der Waals surface area (Å²) < 4.78 is 25.0. The number of carboxylic acid groups (broad SMARTS) is 1. The van der Waals surface area contributed by atoms with Gasteiger partial charge in [-0.2, -0.15) is 0 Å². The Bertz CT molecular complexity index is 744. The van der Waals surface area contributed by atoms with E-state index in [4.69, 9.17) is 5.11 Å². The highest BCUT2D eigenvalue weighted by Gasteiger charge is 2.08. The van der Waals surface area contributed by atoms with Gasteiger partial charge in [0.2, 0.25) is 0 Å². The standard InChI is InChI=1S/C7H6BrFN2O.C6H3BrFNO2/c1-10-7(12)5-3-2-4(9)6(8)11-5;7-5-3(8)1-2-4(9-5)6(10)11/h2-3H,1H3,(H,10,12);1-2H,(H,10,11). The lowest BCUT2D eigenvalue weighted by atomic mass is 10.3. The molecule has 0 aromatic carbocycles. The SMILES string of the molecule is CNC(=O)c1ccc(F)c(Br)n1.O=C(O)c1ccc(F)c(Br)n1. The second kappa shape index (κ2) is 8.63. The Morgan fingerprint density at radius 2 is 1.43 bits per heavy atom. The summed E-state index contributed by atoms with van der Waals surface area (Å²) in [6, 6.07) is 4.64. The third-order valence-corrected chi connectivity index (χ3v) is 3.40. The summed E-state index contributed by atoms with van der Waals surface area (Å²) in [6.45, 7) is 0. The molecular weight excluding hydrogens is 444 g/mol. The molecule has 23 heavy (non-hydrogen) atoms. The minimum atomic E-state index is -1.18. The van der Waals surface area contributed by atoms with Crippen LogP contribution in [0.4, 0.5) is 8.78 Å². The summed E-state index contributed by atoms with van der Waals surface area (Å²) in [7, 11) is 1.49. The van der Waals surface area contributed by atoms with Gasteiger partial charge < -0.3 is 10.4 Å². The molecule has 0 atom stereocenters. The first-order chi connectivity index (χ1) is 10.8. The van der Waals surface area contributed by atoms with E-state index in [1.807, 2.05) is 0 Å². The van der Waals surface area contributed by atoms with E-state index in [1.165, 1.54) is 19.2 Å². The molecule has 10 heteroatoms. The van der Waals surface area contributed by atoms with Gasteiger partial charge in [-0.05, 0) is 56.1 Å². The number of nitrogens with zero attached hydrogens (tertiary/aromatic N) is 2. The molecule has 2 N–H and O–H groups in total. The summed E-state index contributed by atoms with van der Waals surface area (Å²) in [6.07, 6.45) is 0. The highest BCUT2D eigenvalue weighted by molar-refractivity contribution is 9.10. The number of hydrogen-bond acceptors (Lipinski definition) is 4. The van der Waals surface area contributed by atoms with Crippen LogP contribution < -0.4 is 5.32 Å². The zero-order chi connectivity index (χ0) is 17.6. The van der Waals surface area contributed by atoms with Crippen LogP contribution in [-0.4, -0.2) is 34.0 Å². The quantitative estimate of drug-likeness (QED) is 0.683. The van der Waals surface area contributed by atoms with E-state index in [2.05, 4.69) is 47.1 Å². The molecule has 0 saturated heterocycles. The number of nitrogens with one attached hydrogen (secondary N) is 1. The van der Waals surface area contributed by atoms with Crippen molar-refractivity contribution in [1.29, 1.82) is 0 Å². The molecule has 0 saturated carbocycles.